The van der Waals surface area contributed by atoms with Crippen molar-refractivity contribution in [2.45, 2.75) is 57.2 Å². The fraction of sp³-hybridized carbons (Fsp3) is 0.647. The van der Waals surface area contributed by atoms with Gasteiger partial charge in [-0.25, -0.2) is 4.39 Å². The SMILES string of the molecule is OC1CCCC1C1CCCCN1Cc1cc(F)ccc1Cl. The summed E-state index contributed by atoms with van der Waals surface area (Å²) in [5, 5.41) is 10.8. The van der Waals surface area contributed by atoms with Crippen LogP contribution in [-0.2, 0) is 6.54 Å². The van der Waals surface area contributed by atoms with Gasteiger partial charge in [-0.1, -0.05) is 24.4 Å². The molecule has 1 aromatic rings. The Bertz CT molecular complexity index is 496. The second kappa shape index (κ2) is 6.64. The van der Waals surface area contributed by atoms with Gasteiger partial charge in [0.1, 0.15) is 5.82 Å². The lowest BCUT2D eigenvalue weighted by molar-refractivity contribution is 0.0313. The molecule has 1 aromatic carbocycles. The molecule has 1 aliphatic heterocycles. The summed E-state index contributed by atoms with van der Waals surface area (Å²) in [4.78, 5) is 2.41. The van der Waals surface area contributed by atoms with Crippen molar-refractivity contribution in [2.75, 3.05) is 6.54 Å². The first-order valence-electron chi connectivity index (χ1n) is 8.01. The van der Waals surface area contributed by atoms with Crippen LogP contribution < -0.4 is 0 Å². The molecule has 1 aliphatic carbocycles. The maximum atomic E-state index is 13.4. The van der Waals surface area contributed by atoms with Gasteiger partial charge >= 0.3 is 0 Å². The van der Waals surface area contributed by atoms with E-state index in [1.165, 1.54) is 18.9 Å². The molecule has 116 valence electrons. The highest BCUT2D eigenvalue weighted by Crippen LogP contribution is 2.36. The predicted octanol–water partition coefficient (Wildman–Crippen LogP) is 3.99. The molecule has 2 aliphatic rings. The summed E-state index contributed by atoms with van der Waals surface area (Å²) in [7, 11) is 0. The summed E-state index contributed by atoms with van der Waals surface area (Å²) < 4.78 is 13.4. The number of nitrogens with zero attached hydrogens (tertiary/aromatic N) is 1. The van der Waals surface area contributed by atoms with E-state index in [9.17, 15) is 9.50 Å². The van der Waals surface area contributed by atoms with Crippen LogP contribution in [0.25, 0.3) is 0 Å². The number of rotatable bonds is 3. The fourth-order valence-electron chi connectivity index (χ4n) is 4.00. The summed E-state index contributed by atoms with van der Waals surface area (Å²) in [6.07, 6.45) is 6.52. The van der Waals surface area contributed by atoms with Gasteiger partial charge in [0.25, 0.3) is 0 Å². The number of benzene rings is 1. The molecule has 0 radical (unpaired) electrons. The van der Waals surface area contributed by atoms with Crippen molar-refractivity contribution >= 4 is 11.6 Å². The van der Waals surface area contributed by atoms with E-state index in [-0.39, 0.29) is 11.9 Å². The van der Waals surface area contributed by atoms with Crippen molar-refractivity contribution in [3.8, 4) is 0 Å². The van der Waals surface area contributed by atoms with Crippen LogP contribution in [0.3, 0.4) is 0 Å². The molecule has 4 heteroatoms. The first-order chi connectivity index (χ1) is 10.1. The second-order valence-electron chi connectivity index (χ2n) is 6.43. The normalized spacial score (nSPS) is 30.7. The standard InChI is InChI=1S/C17H23ClFNO/c18-15-8-7-13(19)10-12(15)11-20-9-2-1-5-16(20)14-4-3-6-17(14)21/h7-8,10,14,16-17,21H,1-6,9,11H2. The summed E-state index contributed by atoms with van der Waals surface area (Å²) >= 11 is 6.21. The lowest BCUT2D eigenvalue weighted by Gasteiger charge is -2.40. The quantitative estimate of drug-likeness (QED) is 0.912. The average Bonchev–Trinajstić information content (AvgIpc) is 2.90. The number of piperidine rings is 1. The minimum Gasteiger partial charge on any atom is -0.393 e. The molecule has 21 heavy (non-hydrogen) atoms. The molecule has 1 saturated carbocycles. The second-order valence-corrected chi connectivity index (χ2v) is 6.84. The lowest BCUT2D eigenvalue weighted by Crippen LogP contribution is -2.45. The molecular formula is C17H23ClFNO. The van der Waals surface area contributed by atoms with Crippen LogP contribution in [0.15, 0.2) is 18.2 Å². The Morgan fingerprint density at radius 3 is 2.81 bits per heavy atom. The highest BCUT2D eigenvalue weighted by molar-refractivity contribution is 6.31. The Balaban J connectivity index is 1.76. The van der Waals surface area contributed by atoms with E-state index in [1.807, 2.05) is 0 Å². The molecular weight excluding hydrogens is 289 g/mol. The van der Waals surface area contributed by atoms with Crippen molar-refractivity contribution < 1.29 is 9.50 Å². The molecule has 2 fully saturated rings. The van der Waals surface area contributed by atoms with Gasteiger partial charge in [0.05, 0.1) is 6.10 Å². The molecule has 3 unspecified atom stereocenters. The van der Waals surface area contributed by atoms with Crippen LogP contribution in [0.4, 0.5) is 4.39 Å². The van der Waals surface area contributed by atoms with Gasteiger partial charge in [-0.3, -0.25) is 4.90 Å². The minimum atomic E-state index is -0.233. The maximum absolute atomic E-state index is 13.4. The van der Waals surface area contributed by atoms with Crippen LogP contribution >= 0.6 is 11.6 Å². The van der Waals surface area contributed by atoms with E-state index in [0.29, 0.717) is 23.5 Å². The van der Waals surface area contributed by atoms with Crippen LogP contribution in [0.5, 0.6) is 0 Å². The van der Waals surface area contributed by atoms with Gasteiger partial charge in [-0.05, 0) is 56.0 Å². The van der Waals surface area contributed by atoms with E-state index >= 15 is 0 Å². The van der Waals surface area contributed by atoms with Crippen LogP contribution in [0.1, 0.15) is 44.1 Å². The smallest absolute Gasteiger partial charge is 0.123 e. The average molecular weight is 312 g/mol. The fourth-order valence-corrected chi connectivity index (χ4v) is 4.18. The molecule has 2 nitrogen and oxygen atoms in total. The highest BCUT2D eigenvalue weighted by Gasteiger charge is 2.36. The number of hydrogen-bond donors (Lipinski definition) is 1. The summed E-state index contributed by atoms with van der Waals surface area (Å²) in [5.74, 6) is 0.140. The van der Waals surface area contributed by atoms with Crippen molar-refractivity contribution in [3.63, 3.8) is 0 Å². The first kappa shape index (κ1) is 15.3. The summed E-state index contributed by atoms with van der Waals surface area (Å²) in [5.41, 5.74) is 0.857. The van der Waals surface area contributed by atoms with Crippen LogP contribution in [0, 0.1) is 11.7 Å². The Morgan fingerprint density at radius 2 is 2.05 bits per heavy atom. The molecule has 1 heterocycles. The number of aliphatic hydroxyl groups is 1. The number of halogens is 2. The van der Waals surface area contributed by atoms with Gasteiger partial charge in [0.15, 0.2) is 0 Å². The van der Waals surface area contributed by atoms with E-state index in [4.69, 9.17) is 11.6 Å². The van der Waals surface area contributed by atoms with Crippen LogP contribution in [-0.4, -0.2) is 28.7 Å². The zero-order chi connectivity index (χ0) is 14.8. The van der Waals surface area contributed by atoms with Gasteiger partial charge in [-0.2, -0.15) is 0 Å². The van der Waals surface area contributed by atoms with E-state index in [1.54, 1.807) is 12.1 Å². The Morgan fingerprint density at radius 1 is 1.19 bits per heavy atom. The molecule has 1 N–H and O–H groups in total. The van der Waals surface area contributed by atoms with E-state index < -0.39 is 0 Å². The lowest BCUT2D eigenvalue weighted by atomic mass is 9.87. The number of likely N-dealkylation sites (tertiary alicyclic amines) is 1. The monoisotopic (exact) mass is 311 g/mol. The largest absolute Gasteiger partial charge is 0.393 e. The predicted molar refractivity (Wildman–Crippen MR) is 82.8 cm³/mol. The Kier molecular flexibility index (Phi) is 4.82. The van der Waals surface area contributed by atoms with Gasteiger partial charge in [0.2, 0.25) is 0 Å². The molecule has 0 spiro atoms. The molecule has 0 amide bonds. The van der Waals surface area contributed by atoms with Crippen molar-refractivity contribution in [2.24, 2.45) is 5.92 Å². The summed E-state index contributed by atoms with van der Waals surface area (Å²) in [6, 6.07) is 4.99. The van der Waals surface area contributed by atoms with Crippen molar-refractivity contribution in [1.82, 2.24) is 4.90 Å². The van der Waals surface area contributed by atoms with E-state index in [0.717, 1.165) is 37.8 Å². The molecule has 0 bridgehead atoms. The number of aliphatic hydroxyl groups excluding tert-OH is 1. The van der Waals surface area contributed by atoms with Crippen molar-refractivity contribution in [3.05, 3.63) is 34.6 Å². The Hall–Kier alpha value is -0.640. The van der Waals surface area contributed by atoms with Gasteiger partial charge in [-0.15, -0.1) is 0 Å². The maximum Gasteiger partial charge on any atom is 0.123 e. The van der Waals surface area contributed by atoms with Crippen molar-refractivity contribution in [1.29, 1.82) is 0 Å². The number of hydrogen-bond acceptors (Lipinski definition) is 2. The highest BCUT2D eigenvalue weighted by atomic mass is 35.5. The minimum absolute atomic E-state index is 0.168. The summed E-state index contributed by atoms with van der Waals surface area (Å²) in [6.45, 7) is 1.70. The Labute approximate surface area is 130 Å². The zero-order valence-corrected chi connectivity index (χ0v) is 13.0. The third-order valence-corrected chi connectivity index (χ3v) is 5.44. The zero-order valence-electron chi connectivity index (χ0n) is 12.3. The van der Waals surface area contributed by atoms with Gasteiger partial charge in [0, 0.05) is 23.5 Å². The third-order valence-electron chi connectivity index (χ3n) is 5.07. The third kappa shape index (κ3) is 3.41. The molecule has 3 rings (SSSR count). The topological polar surface area (TPSA) is 23.5 Å². The molecule has 3 atom stereocenters. The molecule has 0 aromatic heterocycles. The first-order valence-corrected chi connectivity index (χ1v) is 8.39. The molecule has 1 saturated heterocycles. The van der Waals surface area contributed by atoms with Gasteiger partial charge < -0.3 is 5.11 Å². The van der Waals surface area contributed by atoms with Crippen LogP contribution in [0.2, 0.25) is 5.02 Å². The van der Waals surface area contributed by atoms with E-state index in [2.05, 4.69) is 4.90 Å².